The van der Waals surface area contributed by atoms with E-state index in [1.54, 1.807) is 6.07 Å². The van der Waals surface area contributed by atoms with Crippen molar-refractivity contribution in [3.05, 3.63) is 41.6 Å². The lowest BCUT2D eigenvalue weighted by atomic mass is 10.2. The molecule has 0 bridgehead atoms. The van der Waals surface area contributed by atoms with Crippen molar-refractivity contribution in [3.63, 3.8) is 0 Å². The molecule has 0 aliphatic rings. The maximum atomic E-state index is 13.6. The van der Waals surface area contributed by atoms with Gasteiger partial charge >= 0.3 is 0 Å². The van der Waals surface area contributed by atoms with Crippen LogP contribution in [0, 0.1) is 24.5 Å². The third-order valence-corrected chi connectivity index (χ3v) is 2.72. The molecule has 1 aromatic carbocycles. The first-order valence-corrected chi connectivity index (χ1v) is 6.75. The Morgan fingerprint density at radius 1 is 1.14 bits per heavy atom. The Bertz CT molecular complexity index is 629. The van der Waals surface area contributed by atoms with Crippen molar-refractivity contribution in [2.75, 3.05) is 17.2 Å². The largest absolute Gasteiger partial charge is 0.354 e. The van der Waals surface area contributed by atoms with Crippen LogP contribution in [0.3, 0.4) is 0 Å². The molecule has 112 valence electrons. The molecule has 6 heteroatoms. The van der Waals surface area contributed by atoms with Gasteiger partial charge in [-0.1, -0.05) is 13.8 Å². The van der Waals surface area contributed by atoms with E-state index in [0.717, 1.165) is 18.3 Å². The molecule has 21 heavy (non-hydrogen) atoms. The van der Waals surface area contributed by atoms with Gasteiger partial charge in [0.2, 0.25) is 5.95 Å². The summed E-state index contributed by atoms with van der Waals surface area (Å²) in [6.45, 7) is 6.73. The topological polar surface area (TPSA) is 49.8 Å². The van der Waals surface area contributed by atoms with E-state index in [4.69, 9.17) is 0 Å². The summed E-state index contributed by atoms with van der Waals surface area (Å²) >= 11 is 0. The fourth-order valence-electron chi connectivity index (χ4n) is 1.74. The zero-order valence-electron chi connectivity index (χ0n) is 12.2. The van der Waals surface area contributed by atoms with Crippen LogP contribution in [0.2, 0.25) is 0 Å². The maximum Gasteiger partial charge on any atom is 0.224 e. The molecule has 0 aliphatic carbocycles. The Morgan fingerprint density at radius 2 is 1.90 bits per heavy atom. The molecule has 2 N–H and O–H groups in total. The number of benzene rings is 1. The Kier molecular flexibility index (Phi) is 4.67. The number of aryl methyl sites for hydroxylation is 1. The zero-order chi connectivity index (χ0) is 15.4. The standard InChI is InChI=1S/C15H18F2N4/c1-9(2)8-18-15-19-10(3)6-14(21-15)20-13-5-4-11(16)7-12(13)17/h4-7,9H,8H2,1-3H3,(H2,18,19,20,21). The summed E-state index contributed by atoms with van der Waals surface area (Å²) in [6, 6.07) is 5.05. The van der Waals surface area contributed by atoms with Crippen LogP contribution in [0.4, 0.5) is 26.2 Å². The molecule has 0 saturated heterocycles. The number of rotatable bonds is 5. The van der Waals surface area contributed by atoms with Crippen molar-refractivity contribution < 1.29 is 8.78 Å². The maximum absolute atomic E-state index is 13.6. The van der Waals surface area contributed by atoms with E-state index in [9.17, 15) is 8.78 Å². The molecule has 4 nitrogen and oxygen atoms in total. The van der Waals surface area contributed by atoms with Gasteiger partial charge in [-0.25, -0.2) is 13.8 Å². The molecule has 0 aliphatic heterocycles. The van der Waals surface area contributed by atoms with Gasteiger partial charge in [-0.15, -0.1) is 0 Å². The molecule has 0 unspecified atom stereocenters. The molecule has 0 saturated carbocycles. The van der Waals surface area contributed by atoms with Crippen LogP contribution in [0.25, 0.3) is 0 Å². The van der Waals surface area contributed by atoms with Gasteiger partial charge in [0.15, 0.2) is 0 Å². The molecule has 1 heterocycles. The SMILES string of the molecule is Cc1cc(Nc2ccc(F)cc2F)nc(NCC(C)C)n1. The van der Waals surface area contributed by atoms with Crippen LogP contribution >= 0.6 is 0 Å². The van der Waals surface area contributed by atoms with Crippen LogP contribution in [-0.4, -0.2) is 16.5 Å². The Morgan fingerprint density at radius 3 is 2.57 bits per heavy atom. The summed E-state index contributed by atoms with van der Waals surface area (Å²) in [4.78, 5) is 8.54. The van der Waals surface area contributed by atoms with Gasteiger partial charge in [0, 0.05) is 24.4 Å². The van der Waals surface area contributed by atoms with Crippen LogP contribution in [0.5, 0.6) is 0 Å². The molecular weight excluding hydrogens is 274 g/mol. The number of nitrogens with zero attached hydrogens (tertiary/aromatic N) is 2. The highest BCUT2D eigenvalue weighted by atomic mass is 19.1. The first-order chi connectivity index (χ1) is 9.94. The van der Waals surface area contributed by atoms with Crippen molar-refractivity contribution in [1.29, 1.82) is 0 Å². The van der Waals surface area contributed by atoms with Crippen molar-refractivity contribution in [2.24, 2.45) is 5.92 Å². The van der Waals surface area contributed by atoms with Crippen LogP contribution in [0.1, 0.15) is 19.5 Å². The van der Waals surface area contributed by atoms with Crippen LogP contribution < -0.4 is 10.6 Å². The lowest BCUT2D eigenvalue weighted by Gasteiger charge is -2.11. The van der Waals surface area contributed by atoms with Gasteiger partial charge < -0.3 is 10.6 Å². The second kappa shape index (κ2) is 6.47. The van der Waals surface area contributed by atoms with Gasteiger partial charge in [0.25, 0.3) is 0 Å². The van der Waals surface area contributed by atoms with Crippen LogP contribution in [-0.2, 0) is 0 Å². The van der Waals surface area contributed by atoms with Crippen molar-refractivity contribution in [1.82, 2.24) is 9.97 Å². The molecule has 2 aromatic rings. The van der Waals surface area contributed by atoms with E-state index in [-0.39, 0.29) is 5.69 Å². The van der Waals surface area contributed by atoms with Gasteiger partial charge in [0.05, 0.1) is 5.69 Å². The molecule has 0 fully saturated rings. The van der Waals surface area contributed by atoms with Crippen molar-refractivity contribution >= 4 is 17.5 Å². The quantitative estimate of drug-likeness (QED) is 0.878. The predicted octanol–water partition coefficient (Wildman–Crippen LogP) is 3.87. The second-order valence-corrected chi connectivity index (χ2v) is 5.24. The summed E-state index contributed by atoms with van der Waals surface area (Å²) in [7, 11) is 0. The Balaban J connectivity index is 2.19. The first-order valence-electron chi connectivity index (χ1n) is 6.75. The van der Waals surface area contributed by atoms with E-state index < -0.39 is 11.6 Å². The van der Waals surface area contributed by atoms with Gasteiger partial charge in [0.1, 0.15) is 17.5 Å². The van der Waals surface area contributed by atoms with E-state index in [2.05, 4.69) is 34.4 Å². The average Bonchev–Trinajstić information content (AvgIpc) is 2.39. The third kappa shape index (κ3) is 4.37. The normalized spacial score (nSPS) is 10.8. The second-order valence-electron chi connectivity index (χ2n) is 5.24. The van der Waals surface area contributed by atoms with Crippen molar-refractivity contribution in [2.45, 2.75) is 20.8 Å². The summed E-state index contributed by atoms with van der Waals surface area (Å²) in [5.41, 5.74) is 0.922. The number of hydrogen-bond donors (Lipinski definition) is 2. The van der Waals surface area contributed by atoms with E-state index >= 15 is 0 Å². The number of nitrogens with one attached hydrogen (secondary N) is 2. The minimum absolute atomic E-state index is 0.171. The Labute approximate surface area is 122 Å². The van der Waals surface area contributed by atoms with E-state index in [0.29, 0.717) is 17.7 Å². The highest BCUT2D eigenvalue weighted by molar-refractivity contribution is 5.58. The highest BCUT2D eigenvalue weighted by Gasteiger charge is 2.07. The fourth-order valence-corrected chi connectivity index (χ4v) is 1.74. The fraction of sp³-hybridized carbons (Fsp3) is 0.333. The average molecular weight is 292 g/mol. The monoisotopic (exact) mass is 292 g/mol. The number of hydrogen-bond acceptors (Lipinski definition) is 4. The lowest BCUT2D eigenvalue weighted by Crippen LogP contribution is -2.12. The summed E-state index contributed by atoms with van der Waals surface area (Å²) in [5, 5.41) is 5.95. The predicted molar refractivity (Wildman–Crippen MR) is 79.7 cm³/mol. The Hall–Kier alpha value is -2.24. The minimum atomic E-state index is -0.664. The molecule has 2 rings (SSSR count). The summed E-state index contributed by atoms with van der Waals surface area (Å²) in [6.07, 6.45) is 0. The van der Waals surface area contributed by atoms with E-state index in [1.165, 1.54) is 12.1 Å². The van der Waals surface area contributed by atoms with Gasteiger partial charge in [-0.2, -0.15) is 4.98 Å². The first kappa shape index (κ1) is 15.2. The van der Waals surface area contributed by atoms with Crippen molar-refractivity contribution in [3.8, 4) is 0 Å². The van der Waals surface area contributed by atoms with E-state index in [1.807, 2.05) is 6.92 Å². The number of anilines is 3. The number of halogens is 2. The summed E-state index contributed by atoms with van der Waals surface area (Å²) < 4.78 is 26.5. The minimum Gasteiger partial charge on any atom is -0.354 e. The lowest BCUT2D eigenvalue weighted by molar-refractivity contribution is 0.586. The van der Waals surface area contributed by atoms with Gasteiger partial charge in [-0.3, -0.25) is 0 Å². The molecule has 0 spiro atoms. The molecule has 0 radical (unpaired) electrons. The molecule has 1 aromatic heterocycles. The summed E-state index contributed by atoms with van der Waals surface area (Å²) in [5.74, 6) is 0.118. The number of aromatic nitrogens is 2. The molecule has 0 atom stereocenters. The van der Waals surface area contributed by atoms with Gasteiger partial charge in [-0.05, 0) is 25.0 Å². The highest BCUT2D eigenvalue weighted by Crippen LogP contribution is 2.20. The molecule has 0 amide bonds. The van der Waals surface area contributed by atoms with Crippen LogP contribution in [0.15, 0.2) is 24.3 Å². The smallest absolute Gasteiger partial charge is 0.224 e. The molecular formula is C15H18F2N4. The third-order valence-electron chi connectivity index (χ3n) is 2.72. The zero-order valence-corrected chi connectivity index (χ0v) is 12.2.